The van der Waals surface area contributed by atoms with Crippen molar-refractivity contribution < 1.29 is 13.5 Å². The predicted molar refractivity (Wildman–Crippen MR) is 111 cm³/mol. The van der Waals surface area contributed by atoms with Crippen molar-refractivity contribution in [2.75, 3.05) is 7.11 Å². The Morgan fingerprint density at radius 3 is 1.93 bits per heavy atom. The SMILES string of the molecule is C/C=C/C1CCC(CCC2CCC(c3cc(F)c(COC)c(F)c3)CC2)CC1. The Labute approximate surface area is 169 Å². The van der Waals surface area contributed by atoms with Crippen LogP contribution in [0.4, 0.5) is 8.78 Å². The zero-order valence-corrected chi connectivity index (χ0v) is 17.6. The van der Waals surface area contributed by atoms with Crippen LogP contribution in [-0.4, -0.2) is 7.11 Å². The van der Waals surface area contributed by atoms with Crippen molar-refractivity contribution in [2.45, 2.75) is 83.7 Å². The van der Waals surface area contributed by atoms with E-state index < -0.39 is 11.6 Å². The van der Waals surface area contributed by atoms with Crippen molar-refractivity contribution in [1.29, 1.82) is 0 Å². The summed E-state index contributed by atoms with van der Waals surface area (Å²) < 4.78 is 33.3. The molecule has 0 amide bonds. The van der Waals surface area contributed by atoms with Gasteiger partial charge < -0.3 is 4.74 Å². The maximum Gasteiger partial charge on any atom is 0.131 e. The molecule has 2 fully saturated rings. The van der Waals surface area contributed by atoms with Gasteiger partial charge in [-0.05, 0) is 99.7 Å². The van der Waals surface area contributed by atoms with Crippen LogP contribution >= 0.6 is 0 Å². The molecule has 2 aliphatic carbocycles. The molecule has 1 aromatic carbocycles. The van der Waals surface area contributed by atoms with Gasteiger partial charge in [0.1, 0.15) is 11.6 Å². The highest BCUT2D eigenvalue weighted by molar-refractivity contribution is 5.28. The molecule has 0 aromatic heterocycles. The number of ether oxygens (including phenoxy) is 1. The third-order valence-corrected chi connectivity index (χ3v) is 7.11. The Hall–Kier alpha value is -1.22. The topological polar surface area (TPSA) is 9.23 Å². The highest BCUT2D eigenvalue weighted by atomic mass is 19.1. The summed E-state index contributed by atoms with van der Waals surface area (Å²) in [6, 6.07) is 3.07. The zero-order chi connectivity index (χ0) is 19.9. The summed E-state index contributed by atoms with van der Waals surface area (Å²) in [7, 11) is 1.46. The van der Waals surface area contributed by atoms with Crippen molar-refractivity contribution in [3.8, 4) is 0 Å². The number of allylic oxidation sites excluding steroid dienone is 2. The molecule has 1 aromatic rings. The van der Waals surface area contributed by atoms with Gasteiger partial charge in [0.15, 0.2) is 0 Å². The molecule has 0 unspecified atom stereocenters. The molecule has 0 atom stereocenters. The fourth-order valence-corrected chi connectivity index (χ4v) is 5.34. The number of hydrogen-bond acceptors (Lipinski definition) is 1. The van der Waals surface area contributed by atoms with E-state index in [1.807, 2.05) is 0 Å². The molecule has 3 rings (SSSR count). The molecule has 156 valence electrons. The van der Waals surface area contributed by atoms with Crippen molar-refractivity contribution in [2.24, 2.45) is 17.8 Å². The lowest BCUT2D eigenvalue weighted by Gasteiger charge is -2.31. The molecular formula is C25H36F2O. The van der Waals surface area contributed by atoms with Gasteiger partial charge in [0, 0.05) is 12.7 Å². The molecule has 28 heavy (non-hydrogen) atoms. The van der Waals surface area contributed by atoms with Gasteiger partial charge in [0.2, 0.25) is 0 Å². The highest BCUT2D eigenvalue weighted by Gasteiger charge is 2.26. The smallest absolute Gasteiger partial charge is 0.131 e. The van der Waals surface area contributed by atoms with E-state index in [9.17, 15) is 8.78 Å². The molecule has 2 aliphatic rings. The van der Waals surface area contributed by atoms with Crippen molar-refractivity contribution >= 4 is 0 Å². The summed E-state index contributed by atoms with van der Waals surface area (Å²) in [5.41, 5.74) is 0.875. The van der Waals surface area contributed by atoms with E-state index in [0.717, 1.165) is 36.2 Å². The highest BCUT2D eigenvalue weighted by Crippen LogP contribution is 2.40. The molecule has 0 spiro atoms. The Morgan fingerprint density at radius 2 is 1.43 bits per heavy atom. The van der Waals surface area contributed by atoms with Crippen molar-refractivity contribution in [3.63, 3.8) is 0 Å². The van der Waals surface area contributed by atoms with Gasteiger partial charge in [0.05, 0.1) is 6.61 Å². The third-order valence-electron chi connectivity index (χ3n) is 7.11. The first-order valence-corrected chi connectivity index (χ1v) is 11.2. The van der Waals surface area contributed by atoms with Gasteiger partial charge in [-0.15, -0.1) is 0 Å². The Balaban J connectivity index is 1.44. The van der Waals surface area contributed by atoms with Gasteiger partial charge in [-0.2, -0.15) is 0 Å². The summed E-state index contributed by atoms with van der Waals surface area (Å²) in [6.45, 7) is 2.11. The molecule has 0 radical (unpaired) electrons. The summed E-state index contributed by atoms with van der Waals surface area (Å²) in [6.07, 6.45) is 17.3. The van der Waals surface area contributed by atoms with Gasteiger partial charge in [0.25, 0.3) is 0 Å². The monoisotopic (exact) mass is 390 g/mol. The van der Waals surface area contributed by atoms with Crippen LogP contribution < -0.4 is 0 Å². The fourth-order valence-electron chi connectivity index (χ4n) is 5.34. The number of halogens is 2. The molecule has 1 nitrogen and oxygen atoms in total. The second-order valence-corrected chi connectivity index (χ2v) is 9.00. The molecule has 0 saturated heterocycles. The lowest BCUT2D eigenvalue weighted by molar-refractivity contribution is 0.177. The second kappa shape index (κ2) is 10.5. The van der Waals surface area contributed by atoms with Crippen LogP contribution in [0, 0.1) is 29.4 Å². The van der Waals surface area contributed by atoms with E-state index >= 15 is 0 Å². The van der Waals surface area contributed by atoms with Gasteiger partial charge >= 0.3 is 0 Å². The van der Waals surface area contributed by atoms with Crippen LogP contribution in [0.15, 0.2) is 24.3 Å². The zero-order valence-electron chi connectivity index (χ0n) is 17.6. The van der Waals surface area contributed by atoms with Gasteiger partial charge in [-0.25, -0.2) is 8.78 Å². The van der Waals surface area contributed by atoms with Crippen LogP contribution in [0.1, 0.15) is 88.2 Å². The van der Waals surface area contributed by atoms with Crippen molar-refractivity contribution in [1.82, 2.24) is 0 Å². The normalized spacial score (nSPS) is 28.7. The fraction of sp³-hybridized carbons (Fsp3) is 0.680. The van der Waals surface area contributed by atoms with Crippen LogP contribution in [-0.2, 0) is 11.3 Å². The van der Waals surface area contributed by atoms with E-state index in [2.05, 4.69) is 19.1 Å². The Kier molecular flexibility index (Phi) is 8.08. The minimum Gasteiger partial charge on any atom is -0.380 e. The van der Waals surface area contributed by atoms with Crippen molar-refractivity contribution in [3.05, 3.63) is 47.0 Å². The number of benzene rings is 1. The average molecular weight is 391 g/mol. The van der Waals surface area contributed by atoms with Gasteiger partial charge in [-0.1, -0.05) is 25.0 Å². The standard InChI is InChI=1S/C25H36F2O/c1-3-4-18-5-7-19(8-6-18)9-10-20-11-13-21(14-12-20)22-15-24(26)23(17-28-2)25(27)16-22/h3-4,15-16,18-21H,5-14,17H2,1-2H3/b4-3+. The van der Waals surface area contributed by atoms with Crippen LogP contribution in [0.25, 0.3) is 0 Å². The summed E-state index contributed by atoms with van der Waals surface area (Å²) >= 11 is 0. The number of hydrogen-bond donors (Lipinski definition) is 0. The summed E-state index contributed by atoms with van der Waals surface area (Å²) in [5.74, 6) is 1.89. The minimum atomic E-state index is -0.465. The average Bonchev–Trinajstić information content (AvgIpc) is 2.71. The lowest BCUT2D eigenvalue weighted by Crippen LogP contribution is -2.17. The maximum absolute atomic E-state index is 14.2. The van der Waals surface area contributed by atoms with Crippen LogP contribution in [0.5, 0.6) is 0 Å². The number of methoxy groups -OCH3 is 1. The van der Waals surface area contributed by atoms with E-state index in [1.165, 1.54) is 70.6 Å². The lowest BCUT2D eigenvalue weighted by atomic mass is 9.74. The molecule has 0 bridgehead atoms. The predicted octanol–water partition coefficient (Wildman–Crippen LogP) is 7.55. The number of rotatable bonds is 7. The Morgan fingerprint density at radius 1 is 0.893 bits per heavy atom. The first-order chi connectivity index (χ1) is 13.6. The van der Waals surface area contributed by atoms with E-state index in [0.29, 0.717) is 5.92 Å². The van der Waals surface area contributed by atoms with Gasteiger partial charge in [-0.3, -0.25) is 0 Å². The molecule has 0 aliphatic heterocycles. The maximum atomic E-state index is 14.2. The van der Waals surface area contributed by atoms with Crippen LogP contribution in [0.3, 0.4) is 0 Å². The molecular weight excluding hydrogens is 354 g/mol. The minimum absolute atomic E-state index is 0.0126. The van der Waals surface area contributed by atoms with E-state index in [-0.39, 0.29) is 12.2 Å². The second-order valence-electron chi connectivity index (χ2n) is 9.00. The summed E-state index contributed by atoms with van der Waals surface area (Å²) in [5, 5.41) is 0. The largest absolute Gasteiger partial charge is 0.380 e. The molecule has 0 heterocycles. The summed E-state index contributed by atoms with van der Waals surface area (Å²) in [4.78, 5) is 0. The molecule has 0 N–H and O–H groups in total. The Bertz CT molecular complexity index is 615. The quantitative estimate of drug-likeness (QED) is 0.437. The van der Waals surface area contributed by atoms with E-state index in [4.69, 9.17) is 4.74 Å². The first kappa shape index (κ1) is 21.5. The van der Waals surface area contributed by atoms with E-state index in [1.54, 1.807) is 0 Å². The molecule has 3 heteroatoms. The first-order valence-electron chi connectivity index (χ1n) is 11.2. The van der Waals surface area contributed by atoms with Crippen LogP contribution in [0.2, 0.25) is 0 Å². The molecule has 2 saturated carbocycles. The third kappa shape index (κ3) is 5.65.